The van der Waals surface area contributed by atoms with Gasteiger partial charge in [0.25, 0.3) is 0 Å². The van der Waals surface area contributed by atoms with Crippen molar-refractivity contribution in [2.45, 2.75) is 0 Å². The van der Waals surface area contributed by atoms with Crippen LogP contribution in [0, 0.1) is 0 Å². The van der Waals surface area contributed by atoms with E-state index in [1.165, 1.54) is 13.2 Å². The number of ether oxygens (including phenoxy) is 1. The zero-order chi connectivity index (χ0) is 12.1. The van der Waals surface area contributed by atoms with Gasteiger partial charge < -0.3 is 19.5 Å². The van der Waals surface area contributed by atoms with Crippen LogP contribution in [0.25, 0.3) is 0 Å². The third-order valence-corrected chi connectivity index (χ3v) is 2.36. The third-order valence-electron chi connectivity index (χ3n) is 1.96. The topological polar surface area (TPSA) is 52.6 Å². The van der Waals surface area contributed by atoms with Gasteiger partial charge in [0, 0.05) is 17.4 Å². The number of carbonyl (C=O) groups excluding carboxylic acids is 1. The minimum Gasteiger partial charge on any atom is -0.530 e. The van der Waals surface area contributed by atoms with Crippen molar-refractivity contribution in [2.24, 2.45) is 0 Å². The lowest BCUT2D eigenvalue weighted by Gasteiger charge is -2.26. The Morgan fingerprint density at radius 2 is 2.25 bits per heavy atom. The Hall–Kier alpha value is -1.13. The second kappa shape index (κ2) is 5.82. The average molecular weight is 263 g/mol. The van der Waals surface area contributed by atoms with E-state index >= 15 is 0 Å². The Bertz CT molecular complexity index is 384. The molecule has 0 bridgehead atoms. The molecule has 4 nitrogen and oxygen atoms in total. The van der Waals surface area contributed by atoms with Gasteiger partial charge in [-0.05, 0) is 18.2 Å². The predicted molar refractivity (Wildman–Crippen MR) is 61.5 cm³/mol. The van der Waals surface area contributed by atoms with Crippen LogP contribution in [0.2, 0.25) is 5.02 Å². The fourth-order valence-electron chi connectivity index (χ4n) is 1.27. The molecule has 0 aromatic heterocycles. The largest absolute Gasteiger partial charge is 0.530 e. The van der Waals surface area contributed by atoms with Crippen molar-refractivity contribution in [3.63, 3.8) is 0 Å². The van der Waals surface area contributed by atoms with Crippen LogP contribution in [0.15, 0.2) is 18.2 Å². The van der Waals surface area contributed by atoms with E-state index in [1.807, 2.05) is 0 Å². The minimum atomic E-state index is -1.35. The Balaban J connectivity index is 3.15. The molecule has 1 amide bonds. The van der Waals surface area contributed by atoms with Gasteiger partial charge in [0.2, 0.25) is 0 Å². The number of amides is 1. The summed E-state index contributed by atoms with van der Waals surface area (Å²) in [5.41, 5.74) is 0.329. The maximum atomic E-state index is 10.9. The second-order valence-corrected chi connectivity index (χ2v) is 3.74. The molecule has 6 heteroatoms. The lowest BCUT2D eigenvalue weighted by atomic mass is 10.2. The third kappa shape index (κ3) is 2.93. The summed E-state index contributed by atoms with van der Waals surface area (Å²) in [5.74, 6) is 0.558. The highest BCUT2D eigenvalue weighted by Crippen LogP contribution is 2.31. The van der Waals surface area contributed by atoms with Gasteiger partial charge in [-0.25, -0.2) is 0 Å². The Morgan fingerprint density at radius 3 is 2.75 bits per heavy atom. The summed E-state index contributed by atoms with van der Waals surface area (Å²) in [6, 6.07) is 4.68. The van der Waals surface area contributed by atoms with E-state index in [0.29, 0.717) is 16.5 Å². The summed E-state index contributed by atoms with van der Waals surface area (Å²) < 4.78 is 5.04. The monoisotopic (exact) mass is 262 g/mol. The highest BCUT2D eigenvalue weighted by molar-refractivity contribution is 6.31. The van der Waals surface area contributed by atoms with Gasteiger partial charge in [0.05, 0.1) is 12.8 Å². The quantitative estimate of drug-likeness (QED) is 0.777. The molecule has 1 aromatic carbocycles. The molecule has 0 aliphatic heterocycles. The van der Waals surface area contributed by atoms with Gasteiger partial charge in [0.1, 0.15) is 11.8 Å². The fraction of sp³-hybridized carbons (Fsp3) is 0.300. The first-order valence-corrected chi connectivity index (χ1v) is 5.39. The van der Waals surface area contributed by atoms with E-state index < -0.39 is 6.09 Å². The van der Waals surface area contributed by atoms with E-state index in [1.54, 1.807) is 12.1 Å². The minimum absolute atomic E-state index is 0.112. The Morgan fingerprint density at radius 1 is 1.56 bits per heavy atom. The molecule has 0 N–H and O–H groups in total. The van der Waals surface area contributed by atoms with Gasteiger partial charge in [-0.15, -0.1) is 11.6 Å². The Labute approximate surface area is 103 Å². The normalized spacial score (nSPS) is 9.94. The molecule has 0 aliphatic rings. The van der Waals surface area contributed by atoms with E-state index in [9.17, 15) is 9.90 Å². The zero-order valence-electron chi connectivity index (χ0n) is 8.57. The van der Waals surface area contributed by atoms with E-state index in [0.717, 1.165) is 4.90 Å². The van der Waals surface area contributed by atoms with Gasteiger partial charge in [-0.2, -0.15) is 0 Å². The second-order valence-electron chi connectivity index (χ2n) is 2.92. The molecule has 0 heterocycles. The number of nitrogens with zero attached hydrogens (tertiary/aromatic N) is 1. The SMILES string of the molecule is COc1ccc(Cl)cc1N(CCCl)C(=O)[O-]. The van der Waals surface area contributed by atoms with Crippen LogP contribution >= 0.6 is 23.2 Å². The highest BCUT2D eigenvalue weighted by atomic mass is 35.5. The number of carbonyl (C=O) groups is 1. The highest BCUT2D eigenvalue weighted by Gasteiger charge is 2.13. The zero-order valence-corrected chi connectivity index (χ0v) is 10.1. The van der Waals surface area contributed by atoms with Crippen LogP contribution in [0.5, 0.6) is 5.75 Å². The number of carboxylic acid groups (broad SMARTS) is 1. The maximum absolute atomic E-state index is 10.9. The molecule has 0 radical (unpaired) electrons. The molecule has 0 spiro atoms. The van der Waals surface area contributed by atoms with Gasteiger partial charge in [-0.3, -0.25) is 0 Å². The number of halogens is 2. The summed E-state index contributed by atoms with van der Waals surface area (Å²) >= 11 is 11.3. The number of rotatable bonds is 4. The maximum Gasteiger partial charge on any atom is 0.142 e. The van der Waals surface area contributed by atoms with E-state index in [4.69, 9.17) is 27.9 Å². The molecule has 1 rings (SSSR count). The lowest BCUT2D eigenvalue weighted by molar-refractivity contribution is -0.246. The van der Waals surface area contributed by atoms with Gasteiger partial charge in [0.15, 0.2) is 0 Å². The molecule has 0 aliphatic carbocycles. The lowest BCUT2D eigenvalue weighted by Crippen LogP contribution is -2.42. The van der Waals surface area contributed by atoms with Gasteiger partial charge >= 0.3 is 0 Å². The molecule has 1 aromatic rings. The molecule has 0 saturated heterocycles. The van der Waals surface area contributed by atoms with Crippen molar-refractivity contribution >= 4 is 35.0 Å². The molecule has 16 heavy (non-hydrogen) atoms. The molecule has 0 fully saturated rings. The van der Waals surface area contributed by atoms with Crippen LogP contribution in [-0.4, -0.2) is 25.6 Å². The molecule has 0 saturated carbocycles. The first kappa shape index (κ1) is 12.9. The van der Waals surface area contributed by atoms with Crippen LogP contribution in [0.3, 0.4) is 0 Å². The number of hydrogen-bond acceptors (Lipinski definition) is 3. The fourth-order valence-corrected chi connectivity index (χ4v) is 1.60. The standard InChI is InChI=1S/C10H11Cl2NO3/c1-16-9-3-2-7(12)6-8(9)13(5-4-11)10(14)15/h2-3,6H,4-5H2,1H3,(H,14,15)/p-1. The summed E-state index contributed by atoms with van der Waals surface area (Å²) in [6.07, 6.45) is -1.35. The summed E-state index contributed by atoms with van der Waals surface area (Å²) in [4.78, 5) is 11.9. The molecule has 0 unspecified atom stereocenters. The average Bonchev–Trinajstić information content (AvgIpc) is 2.25. The van der Waals surface area contributed by atoms with Crippen molar-refractivity contribution < 1.29 is 14.6 Å². The number of anilines is 1. The van der Waals surface area contributed by atoms with Crippen molar-refractivity contribution in [3.8, 4) is 5.75 Å². The predicted octanol–water partition coefficient (Wildman–Crippen LogP) is 1.74. The number of alkyl halides is 1. The molecule has 0 atom stereocenters. The van der Waals surface area contributed by atoms with Crippen LogP contribution in [0.1, 0.15) is 0 Å². The van der Waals surface area contributed by atoms with Crippen molar-refractivity contribution in [3.05, 3.63) is 23.2 Å². The van der Waals surface area contributed by atoms with Crippen LogP contribution in [0.4, 0.5) is 10.5 Å². The Kier molecular flexibility index (Phi) is 4.71. The van der Waals surface area contributed by atoms with Crippen LogP contribution < -0.4 is 14.7 Å². The molecular weight excluding hydrogens is 253 g/mol. The summed E-state index contributed by atoms with van der Waals surface area (Å²) in [5, 5.41) is 11.3. The van der Waals surface area contributed by atoms with Crippen molar-refractivity contribution in [1.82, 2.24) is 0 Å². The number of methoxy groups -OCH3 is 1. The molecule has 88 valence electrons. The molecular formula is C10H10Cl2NO3-. The number of benzene rings is 1. The van der Waals surface area contributed by atoms with E-state index in [2.05, 4.69) is 0 Å². The number of hydrogen-bond donors (Lipinski definition) is 0. The first-order chi connectivity index (χ1) is 7.60. The summed E-state index contributed by atoms with van der Waals surface area (Å²) in [6.45, 7) is 0.112. The van der Waals surface area contributed by atoms with Crippen molar-refractivity contribution in [1.29, 1.82) is 0 Å². The van der Waals surface area contributed by atoms with E-state index in [-0.39, 0.29) is 12.4 Å². The first-order valence-electron chi connectivity index (χ1n) is 4.48. The van der Waals surface area contributed by atoms with Crippen LogP contribution in [-0.2, 0) is 0 Å². The van der Waals surface area contributed by atoms with Crippen molar-refractivity contribution in [2.75, 3.05) is 24.4 Å². The summed E-state index contributed by atoms with van der Waals surface area (Å²) in [7, 11) is 1.45. The smallest absolute Gasteiger partial charge is 0.142 e. The van der Waals surface area contributed by atoms with Gasteiger partial charge in [-0.1, -0.05) is 11.6 Å².